The van der Waals surface area contributed by atoms with E-state index in [-0.39, 0.29) is 11.5 Å². The first kappa shape index (κ1) is 27.7. The molecule has 0 saturated carbocycles. The normalized spacial score (nSPS) is 12.8. The quantitative estimate of drug-likeness (QED) is 0.310. The van der Waals surface area contributed by atoms with Gasteiger partial charge < -0.3 is 29.5 Å². The van der Waals surface area contributed by atoms with Crippen LogP contribution in [0.3, 0.4) is 0 Å². The maximum Gasteiger partial charge on any atom is 0.275 e. The lowest BCUT2D eigenvalue weighted by atomic mass is 10.1. The van der Waals surface area contributed by atoms with Gasteiger partial charge in [-0.1, -0.05) is 12.6 Å². The molecule has 0 radical (unpaired) electrons. The molecule has 1 amide bonds. The zero-order valence-corrected chi connectivity index (χ0v) is 23.6. The van der Waals surface area contributed by atoms with E-state index in [1.807, 2.05) is 55.4 Å². The average Bonchev–Trinajstić information content (AvgIpc) is 2.98. The van der Waals surface area contributed by atoms with Crippen LogP contribution in [0.1, 0.15) is 0 Å². The van der Waals surface area contributed by atoms with Gasteiger partial charge in [0.15, 0.2) is 0 Å². The fourth-order valence-corrected chi connectivity index (χ4v) is 4.77. The van der Waals surface area contributed by atoms with Crippen molar-refractivity contribution >= 4 is 45.6 Å². The molecular weight excluding hydrogens is 522 g/mol. The Hall–Kier alpha value is -4.90. The van der Waals surface area contributed by atoms with Gasteiger partial charge in [-0.25, -0.2) is 4.98 Å². The monoisotopic (exact) mass is 555 g/mol. The molecule has 0 saturated heterocycles. The highest BCUT2D eigenvalue weighted by Crippen LogP contribution is 2.43. The van der Waals surface area contributed by atoms with Crippen LogP contribution in [-0.2, 0) is 11.8 Å². The molecular formula is C30H33N7O4. The number of nitrogens with zero attached hydrogens (tertiary/aromatic N) is 6. The summed E-state index contributed by atoms with van der Waals surface area (Å²) in [6.45, 7) is 5.83. The summed E-state index contributed by atoms with van der Waals surface area (Å²) in [6, 6.07) is 14.8. The molecule has 5 rings (SSSR count). The van der Waals surface area contributed by atoms with Gasteiger partial charge in [0.2, 0.25) is 5.95 Å². The zero-order chi connectivity index (χ0) is 29.1. The molecule has 0 spiro atoms. The summed E-state index contributed by atoms with van der Waals surface area (Å²) in [4.78, 5) is 41.0. The number of likely N-dealkylation sites (N-methyl/N-ethyl adjacent to an activating group) is 1. The first-order valence-electron chi connectivity index (χ1n) is 13.2. The van der Waals surface area contributed by atoms with Gasteiger partial charge in [0.25, 0.3) is 11.5 Å². The van der Waals surface area contributed by atoms with Gasteiger partial charge in [0, 0.05) is 44.0 Å². The molecule has 1 N–H and O–H groups in total. The highest BCUT2D eigenvalue weighted by atomic mass is 16.5. The first-order chi connectivity index (χ1) is 19.8. The fourth-order valence-electron chi connectivity index (χ4n) is 4.77. The van der Waals surface area contributed by atoms with Crippen molar-refractivity contribution < 1.29 is 14.3 Å². The van der Waals surface area contributed by atoms with E-state index >= 15 is 0 Å². The highest BCUT2D eigenvalue weighted by Gasteiger charge is 2.31. The van der Waals surface area contributed by atoms with Crippen LogP contribution in [0.25, 0.3) is 11.0 Å². The third-order valence-corrected chi connectivity index (χ3v) is 6.88. The number of ether oxygens (including phenoxy) is 2. The molecule has 1 aliphatic heterocycles. The standard InChI is InChI=1S/C30H33N7O4/c1-6-26(38)37-15-14-36(23-8-7-9-25(40-5)27(23)37)24-18-20-19-31-30(33-28(20)35(4)29(24)39)32-21-10-12-22(13-11-21)41-17-16-34(2)3/h6-13,18-19H,1,14-17H2,2-5H3,(H,31,32,33). The molecule has 0 aliphatic carbocycles. The second kappa shape index (κ2) is 11.7. The first-order valence-corrected chi connectivity index (χ1v) is 13.2. The number of rotatable bonds is 9. The van der Waals surface area contributed by atoms with Crippen LogP contribution < -0.4 is 30.1 Å². The molecule has 4 aromatic rings. The molecule has 1 aliphatic rings. The molecule has 0 unspecified atom stereocenters. The van der Waals surface area contributed by atoms with Crippen LogP contribution in [-0.4, -0.2) is 72.8 Å². The van der Waals surface area contributed by atoms with E-state index in [1.54, 1.807) is 37.4 Å². The summed E-state index contributed by atoms with van der Waals surface area (Å²) in [7, 11) is 7.25. The van der Waals surface area contributed by atoms with Crippen molar-refractivity contribution in [2.45, 2.75) is 0 Å². The Kier molecular flexibility index (Phi) is 7.88. The maximum atomic E-state index is 13.6. The maximum absolute atomic E-state index is 13.6. The SMILES string of the molecule is C=CC(=O)N1CCN(c2cc3cnc(Nc4ccc(OCCN(C)C)cc4)nc3n(C)c2=O)c2cccc(OC)c21. The van der Waals surface area contributed by atoms with Gasteiger partial charge in [0.05, 0.1) is 12.8 Å². The smallest absolute Gasteiger partial charge is 0.275 e. The van der Waals surface area contributed by atoms with Gasteiger partial charge in [-0.3, -0.25) is 14.2 Å². The molecule has 11 nitrogen and oxygen atoms in total. The van der Waals surface area contributed by atoms with Gasteiger partial charge in [-0.15, -0.1) is 0 Å². The number of para-hydroxylation sites is 1. The predicted molar refractivity (Wildman–Crippen MR) is 161 cm³/mol. The van der Waals surface area contributed by atoms with Crippen molar-refractivity contribution in [3.63, 3.8) is 0 Å². The molecule has 3 heterocycles. The van der Waals surface area contributed by atoms with E-state index < -0.39 is 0 Å². The van der Waals surface area contributed by atoms with Crippen molar-refractivity contribution in [1.82, 2.24) is 19.4 Å². The number of amides is 1. The number of anilines is 5. The lowest BCUT2D eigenvalue weighted by Gasteiger charge is -2.37. The summed E-state index contributed by atoms with van der Waals surface area (Å²) < 4.78 is 12.8. The van der Waals surface area contributed by atoms with E-state index in [2.05, 4.69) is 26.8 Å². The number of aromatic nitrogens is 3. The number of carbonyl (C=O) groups excluding carboxylic acids is 1. The van der Waals surface area contributed by atoms with Gasteiger partial charge in [-0.05, 0) is 62.6 Å². The molecule has 0 atom stereocenters. The van der Waals surface area contributed by atoms with Crippen LogP contribution in [0.4, 0.5) is 28.7 Å². The number of nitrogens with one attached hydrogen (secondary N) is 1. The predicted octanol–water partition coefficient (Wildman–Crippen LogP) is 3.69. The lowest BCUT2D eigenvalue weighted by Crippen LogP contribution is -2.43. The van der Waals surface area contributed by atoms with Crippen molar-refractivity contribution in [2.24, 2.45) is 7.05 Å². The lowest BCUT2D eigenvalue weighted by molar-refractivity contribution is -0.114. The van der Waals surface area contributed by atoms with Crippen molar-refractivity contribution in [2.75, 3.05) is 62.6 Å². The van der Waals surface area contributed by atoms with Gasteiger partial charge in [-0.2, -0.15) is 4.98 Å². The Balaban J connectivity index is 1.44. The van der Waals surface area contributed by atoms with Crippen molar-refractivity contribution in [3.05, 3.63) is 77.7 Å². The Labute approximate surface area is 238 Å². The van der Waals surface area contributed by atoms with Crippen LogP contribution in [0.5, 0.6) is 11.5 Å². The molecule has 212 valence electrons. The number of carbonyl (C=O) groups is 1. The minimum Gasteiger partial charge on any atom is -0.494 e. The second-order valence-corrected chi connectivity index (χ2v) is 9.84. The number of pyridine rings is 1. The molecule has 2 aromatic heterocycles. The van der Waals surface area contributed by atoms with Crippen LogP contribution in [0.15, 0.2) is 72.2 Å². The second-order valence-electron chi connectivity index (χ2n) is 9.84. The fraction of sp³-hybridized carbons (Fsp3) is 0.267. The Morgan fingerprint density at radius 2 is 1.93 bits per heavy atom. The topological polar surface area (TPSA) is 105 Å². The van der Waals surface area contributed by atoms with Gasteiger partial charge >= 0.3 is 0 Å². The molecule has 2 aromatic carbocycles. The van der Waals surface area contributed by atoms with E-state index in [0.717, 1.165) is 18.0 Å². The molecule has 11 heteroatoms. The Morgan fingerprint density at radius 1 is 1.15 bits per heavy atom. The summed E-state index contributed by atoms with van der Waals surface area (Å²) >= 11 is 0. The number of aryl methyl sites for hydroxylation is 1. The van der Waals surface area contributed by atoms with Gasteiger partial charge in [0.1, 0.15) is 35.1 Å². The number of fused-ring (bicyclic) bond motifs is 2. The molecule has 0 fully saturated rings. The summed E-state index contributed by atoms with van der Waals surface area (Å²) in [6.07, 6.45) is 2.97. The summed E-state index contributed by atoms with van der Waals surface area (Å²) in [5, 5.41) is 3.90. The van der Waals surface area contributed by atoms with Crippen LogP contribution >= 0.6 is 0 Å². The van der Waals surface area contributed by atoms with E-state index in [0.29, 0.717) is 59.5 Å². The third-order valence-electron chi connectivity index (χ3n) is 6.88. The van der Waals surface area contributed by atoms with E-state index in [1.165, 1.54) is 10.6 Å². The van der Waals surface area contributed by atoms with Crippen LogP contribution in [0, 0.1) is 0 Å². The minimum absolute atomic E-state index is 0.223. The summed E-state index contributed by atoms with van der Waals surface area (Å²) in [5.74, 6) is 1.45. The average molecular weight is 556 g/mol. The summed E-state index contributed by atoms with van der Waals surface area (Å²) in [5.41, 5.74) is 2.80. The van der Waals surface area contributed by atoms with E-state index in [4.69, 9.17) is 9.47 Å². The number of hydrogen-bond acceptors (Lipinski definition) is 9. The molecule has 0 bridgehead atoms. The Bertz CT molecular complexity index is 1650. The Morgan fingerprint density at radius 3 is 2.63 bits per heavy atom. The van der Waals surface area contributed by atoms with Crippen molar-refractivity contribution in [1.29, 1.82) is 0 Å². The number of hydrogen-bond donors (Lipinski definition) is 1. The zero-order valence-electron chi connectivity index (χ0n) is 23.6. The number of benzene rings is 2. The highest BCUT2D eigenvalue weighted by molar-refractivity contribution is 6.06. The van der Waals surface area contributed by atoms with E-state index in [9.17, 15) is 9.59 Å². The minimum atomic E-state index is -0.235. The van der Waals surface area contributed by atoms with Crippen LogP contribution in [0.2, 0.25) is 0 Å². The molecule has 41 heavy (non-hydrogen) atoms. The number of methoxy groups -OCH3 is 1. The third kappa shape index (κ3) is 5.57. The largest absolute Gasteiger partial charge is 0.494 e. The van der Waals surface area contributed by atoms with Crippen molar-refractivity contribution in [3.8, 4) is 11.5 Å².